The molecule has 0 aromatic heterocycles. The third-order valence-electron chi connectivity index (χ3n) is 2.82. The monoisotopic (exact) mass is 274 g/mol. The molecule has 0 radical (unpaired) electrons. The van der Waals surface area contributed by atoms with Crippen molar-refractivity contribution in [3.8, 4) is 0 Å². The van der Waals surface area contributed by atoms with Crippen molar-refractivity contribution in [3.63, 3.8) is 0 Å². The lowest BCUT2D eigenvalue weighted by molar-refractivity contribution is -0.154. The van der Waals surface area contributed by atoms with Crippen molar-refractivity contribution < 1.29 is 21.6 Å². The Labute approximate surface area is 98.9 Å². The molecule has 0 saturated carbocycles. The lowest BCUT2D eigenvalue weighted by Gasteiger charge is -2.34. The molecule has 0 bridgehead atoms. The zero-order valence-electron chi connectivity index (χ0n) is 9.74. The van der Waals surface area contributed by atoms with Gasteiger partial charge in [0.15, 0.2) is 9.84 Å². The largest absolute Gasteiger partial charge is 0.401 e. The first-order chi connectivity index (χ1) is 7.52. The molecule has 1 fully saturated rings. The zero-order valence-corrected chi connectivity index (χ0v) is 10.6. The highest BCUT2D eigenvalue weighted by Gasteiger charge is 2.43. The summed E-state index contributed by atoms with van der Waals surface area (Å²) in [5.74, 6) is -0.527. The highest BCUT2D eigenvalue weighted by Crippen LogP contribution is 2.24. The molecule has 2 N–H and O–H groups in total. The number of hydrogen-bond donors (Lipinski definition) is 1. The molecule has 2 atom stereocenters. The van der Waals surface area contributed by atoms with Crippen molar-refractivity contribution in [2.45, 2.75) is 38.1 Å². The van der Waals surface area contributed by atoms with Gasteiger partial charge in [0, 0.05) is 18.1 Å². The lowest BCUT2D eigenvalue weighted by Crippen LogP contribution is -2.53. The SMILES string of the molecule is CC(C)N(CC(F)(F)F)C1CS(=O)(=O)CC1N. The van der Waals surface area contributed by atoms with Crippen LogP contribution in [0.3, 0.4) is 0 Å². The molecule has 1 rings (SSSR count). The van der Waals surface area contributed by atoms with Gasteiger partial charge in [-0.2, -0.15) is 13.2 Å². The summed E-state index contributed by atoms with van der Waals surface area (Å²) in [6.07, 6.45) is -4.35. The molecule has 1 aliphatic rings. The Morgan fingerprint density at radius 3 is 2.18 bits per heavy atom. The highest BCUT2D eigenvalue weighted by molar-refractivity contribution is 7.91. The van der Waals surface area contributed by atoms with Crippen LogP contribution in [0.2, 0.25) is 0 Å². The summed E-state index contributed by atoms with van der Waals surface area (Å²) in [7, 11) is -3.31. The second-order valence-electron chi connectivity index (χ2n) is 4.69. The Morgan fingerprint density at radius 1 is 1.35 bits per heavy atom. The van der Waals surface area contributed by atoms with Gasteiger partial charge in [0.1, 0.15) is 0 Å². The van der Waals surface area contributed by atoms with E-state index in [9.17, 15) is 21.6 Å². The Morgan fingerprint density at radius 2 is 1.88 bits per heavy atom. The molecular formula is C9H17F3N2O2S. The number of nitrogens with two attached hydrogens (primary N) is 1. The molecule has 1 saturated heterocycles. The van der Waals surface area contributed by atoms with Gasteiger partial charge < -0.3 is 5.73 Å². The van der Waals surface area contributed by atoms with E-state index in [-0.39, 0.29) is 11.5 Å². The highest BCUT2D eigenvalue weighted by atomic mass is 32.2. The van der Waals surface area contributed by atoms with Crippen LogP contribution in [0.5, 0.6) is 0 Å². The molecule has 102 valence electrons. The van der Waals surface area contributed by atoms with Crippen LogP contribution in [-0.2, 0) is 9.84 Å². The van der Waals surface area contributed by atoms with Crippen LogP contribution in [0.15, 0.2) is 0 Å². The Kier molecular flexibility index (Phi) is 4.10. The number of hydrogen-bond acceptors (Lipinski definition) is 4. The Hall–Kier alpha value is -0.340. The molecule has 0 aliphatic carbocycles. The topological polar surface area (TPSA) is 63.4 Å². The average Bonchev–Trinajstić information content (AvgIpc) is 2.33. The summed E-state index contributed by atoms with van der Waals surface area (Å²) in [4.78, 5) is 1.12. The summed E-state index contributed by atoms with van der Waals surface area (Å²) in [6.45, 7) is 2.07. The van der Waals surface area contributed by atoms with E-state index >= 15 is 0 Å². The van der Waals surface area contributed by atoms with Crippen molar-refractivity contribution in [1.29, 1.82) is 0 Å². The van der Waals surface area contributed by atoms with Crippen molar-refractivity contribution >= 4 is 9.84 Å². The summed E-state index contributed by atoms with van der Waals surface area (Å²) in [5.41, 5.74) is 5.62. The molecule has 0 aromatic rings. The molecule has 0 amide bonds. The van der Waals surface area contributed by atoms with Gasteiger partial charge in [0.25, 0.3) is 0 Å². The van der Waals surface area contributed by atoms with Crippen LogP contribution < -0.4 is 5.73 Å². The quantitative estimate of drug-likeness (QED) is 0.808. The molecule has 0 spiro atoms. The minimum Gasteiger partial charge on any atom is -0.325 e. The van der Waals surface area contributed by atoms with Crippen LogP contribution in [0, 0.1) is 0 Å². The molecule has 17 heavy (non-hydrogen) atoms. The molecule has 4 nitrogen and oxygen atoms in total. The van der Waals surface area contributed by atoms with Gasteiger partial charge in [0.2, 0.25) is 0 Å². The van der Waals surface area contributed by atoms with Crippen molar-refractivity contribution in [1.82, 2.24) is 4.90 Å². The van der Waals surface area contributed by atoms with Crippen molar-refractivity contribution in [3.05, 3.63) is 0 Å². The average molecular weight is 274 g/mol. The zero-order chi connectivity index (χ0) is 13.4. The second kappa shape index (κ2) is 4.74. The number of sulfone groups is 1. The lowest BCUT2D eigenvalue weighted by atomic mass is 10.1. The van der Waals surface area contributed by atoms with E-state index in [0.29, 0.717) is 0 Å². The van der Waals surface area contributed by atoms with Gasteiger partial charge in [0.05, 0.1) is 18.1 Å². The second-order valence-corrected chi connectivity index (χ2v) is 6.84. The third-order valence-corrected chi connectivity index (χ3v) is 4.56. The van der Waals surface area contributed by atoms with Crippen LogP contribution in [0.1, 0.15) is 13.8 Å². The predicted molar refractivity (Wildman–Crippen MR) is 58.3 cm³/mol. The van der Waals surface area contributed by atoms with Gasteiger partial charge >= 0.3 is 6.18 Å². The van der Waals surface area contributed by atoms with E-state index in [1.807, 2.05) is 0 Å². The fraction of sp³-hybridized carbons (Fsp3) is 1.00. The van der Waals surface area contributed by atoms with E-state index in [4.69, 9.17) is 5.73 Å². The number of halogens is 3. The Balaban J connectivity index is 2.86. The van der Waals surface area contributed by atoms with Crippen LogP contribution >= 0.6 is 0 Å². The van der Waals surface area contributed by atoms with Crippen molar-refractivity contribution in [2.75, 3.05) is 18.1 Å². The van der Waals surface area contributed by atoms with Gasteiger partial charge in [-0.05, 0) is 13.8 Å². The fourth-order valence-corrected chi connectivity index (χ4v) is 3.99. The molecule has 1 aliphatic heterocycles. The van der Waals surface area contributed by atoms with Gasteiger partial charge in [-0.3, -0.25) is 4.90 Å². The van der Waals surface area contributed by atoms with E-state index in [2.05, 4.69) is 0 Å². The van der Waals surface area contributed by atoms with Crippen LogP contribution in [0.4, 0.5) is 13.2 Å². The fourth-order valence-electron chi connectivity index (χ4n) is 2.09. The summed E-state index contributed by atoms with van der Waals surface area (Å²) in [5, 5.41) is 0. The smallest absolute Gasteiger partial charge is 0.325 e. The van der Waals surface area contributed by atoms with E-state index in [0.717, 1.165) is 4.90 Å². The normalized spacial score (nSPS) is 29.2. The summed E-state index contributed by atoms with van der Waals surface area (Å²) >= 11 is 0. The first-order valence-corrected chi connectivity index (χ1v) is 7.12. The van der Waals surface area contributed by atoms with E-state index < -0.39 is 40.7 Å². The third kappa shape index (κ3) is 4.11. The predicted octanol–water partition coefficient (Wildman–Crippen LogP) is 0.383. The molecule has 0 aromatic carbocycles. The Bertz CT molecular complexity index is 367. The maximum absolute atomic E-state index is 12.4. The number of alkyl halides is 3. The maximum atomic E-state index is 12.4. The molecule has 2 unspecified atom stereocenters. The summed E-state index contributed by atoms with van der Waals surface area (Å²) < 4.78 is 59.9. The van der Waals surface area contributed by atoms with Crippen LogP contribution in [-0.4, -0.2) is 55.7 Å². The van der Waals surface area contributed by atoms with Crippen LogP contribution in [0.25, 0.3) is 0 Å². The minimum absolute atomic E-state index is 0.237. The minimum atomic E-state index is -4.35. The van der Waals surface area contributed by atoms with Crippen molar-refractivity contribution in [2.24, 2.45) is 5.73 Å². The maximum Gasteiger partial charge on any atom is 0.401 e. The molecule has 8 heteroatoms. The summed E-state index contributed by atoms with van der Waals surface area (Å²) in [6, 6.07) is -1.90. The number of rotatable bonds is 3. The molecular weight excluding hydrogens is 257 g/mol. The first-order valence-electron chi connectivity index (χ1n) is 5.30. The van der Waals surface area contributed by atoms with Gasteiger partial charge in [-0.25, -0.2) is 8.42 Å². The molecule has 1 heterocycles. The first kappa shape index (κ1) is 14.7. The standard InChI is InChI=1S/C9H17F3N2O2S/c1-6(2)14(5-9(10,11)12)8-4-17(15,16)3-7(8)13/h6-8H,3-5,13H2,1-2H3. The number of nitrogens with zero attached hydrogens (tertiary/aromatic N) is 1. The van der Waals surface area contributed by atoms with Gasteiger partial charge in [-0.15, -0.1) is 0 Å². The van der Waals surface area contributed by atoms with Gasteiger partial charge in [-0.1, -0.05) is 0 Å². The van der Waals surface area contributed by atoms with E-state index in [1.165, 1.54) is 0 Å². The van der Waals surface area contributed by atoms with E-state index in [1.54, 1.807) is 13.8 Å².